The number of benzene rings is 10. The first-order valence-corrected chi connectivity index (χ1v) is 48.9. The molecule has 10 aromatic carbocycles. The molecule has 4 saturated carbocycles. The minimum atomic E-state index is -0.125. The molecule has 28 rings (SSSR count). The molecule has 139 heavy (non-hydrogen) atoms. The number of allylic oxidation sites excluding steroid dienone is 4. The molecule has 718 valence electrons. The Morgan fingerprint density at radius 2 is 0.662 bits per heavy atom. The van der Waals surface area contributed by atoms with E-state index in [1.165, 1.54) is 158 Å². The molecule has 0 saturated heterocycles. The molecule has 12 aliphatic rings. The number of aromatic nitrogens is 6. The molecule has 0 atom stereocenters. The van der Waals surface area contributed by atoms with Crippen LogP contribution < -0.4 is 0 Å². The van der Waals surface area contributed by atoms with Gasteiger partial charge < -0.3 is 20.2 Å². The molecule has 4 radical (unpaired) electrons. The fraction of sp³-hybridized carbons (Fsp3) is 0.296. The molecule has 12 aliphatic carbocycles. The smallest absolute Gasteiger partial charge is 0.162 e. The number of nitrogens with zero attached hydrogens (tertiary/aromatic N) is 6. The number of hydrogen-bond donors (Lipinski definition) is 2. The first kappa shape index (κ1) is 105. The third-order valence-corrected chi connectivity index (χ3v) is 28.4. The number of aliphatic hydroxyl groups excluding tert-OH is 2. The summed E-state index contributed by atoms with van der Waals surface area (Å²) in [5, 5.41) is 23.2. The van der Waals surface area contributed by atoms with E-state index in [0.29, 0.717) is 0 Å². The second-order valence-corrected chi connectivity index (χ2v) is 38.6. The second-order valence-electron chi connectivity index (χ2n) is 38.6. The van der Waals surface area contributed by atoms with Gasteiger partial charge in [0.2, 0.25) is 0 Å². The first-order chi connectivity index (χ1) is 65.6. The van der Waals surface area contributed by atoms with Crippen molar-refractivity contribution >= 4 is 55.2 Å². The summed E-state index contributed by atoms with van der Waals surface area (Å²) in [6.45, 7) is 21.4. The topological polar surface area (TPSA) is 152 Å². The number of carbonyl (C=O) groups is 2. The summed E-state index contributed by atoms with van der Waals surface area (Å²) >= 11 is 0. The van der Waals surface area contributed by atoms with Crippen LogP contribution in [0.15, 0.2) is 285 Å². The molecular weight excluding hydrogens is 2420 g/mol. The molecule has 0 spiro atoms. The number of rotatable bonds is 14. The summed E-state index contributed by atoms with van der Waals surface area (Å²) in [6, 6.07) is 108. The van der Waals surface area contributed by atoms with Crippen molar-refractivity contribution in [2.75, 3.05) is 0 Å². The first-order valence-electron chi connectivity index (χ1n) is 48.9. The van der Waals surface area contributed by atoms with Gasteiger partial charge in [0, 0.05) is 116 Å². The number of hydrogen-bond acceptors (Lipinski definition) is 10. The Morgan fingerprint density at radius 1 is 0.345 bits per heavy atom. The molecule has 14 heteroatoms. The van der Waals surface area contributed by atoms with Crippen LogP contribution in [0.25, 0.3) is 111 Å². The van der Waals surface area contributed by atoms with Crippen molar-refractivity contribution in [3.8, 4) is 67.5 Å². The standard InChI is InChI=1S/2C22H20N.2C20H16N.C13H24O2.C12H10N.C11H8N.C5H8O2.4Ir/c2*1-13-5-14(2)7-19(6-13)21-4-3-16-11-20-17-8-15(9-17)10-18(20)12-22(16)23-21;2*1-2-4-14(5-3-1)19-7-6-15-11-18-16-8-13(9-16)10-17(18)12-20(15)21-19;1-5-10(6-2)12(14)9-13(15)11(7-3)8-4;1-10-6-5-9-12(13-10)11-7-3-2-4-8-11;1-2-6-10(7-3-1)11-8-4-5-9-12-11;1-4(6)3-5(2)7;;;;/h2*3-6,11-12,15,17H,8-10H2,1-2H3;2*1-4,6-7,11-13,16H,8-10H2;9-11,14H,5-8H2,1-4H3;2-7,9H,1H3;1-6,8-9H;3,6H,1-2H3;;;;/q4*-1;;2*-1;;;;;. The molecule has 2 N–H and O–H groups in total. The maximum Gasteiger partial charge on any atom is 0.162 e. The molecular formula is C125H122Ir4N6O4-6. The van der Waals surface area contributed by atoms with Gasteiger partial charge in [0.15, 0.2) is 11.6 Å². The van der Waals surface area contributed by atoms with Crippen LogP contribution in [0.4, 0.5) is 0 Å². The third kappa shape index (κ3) is 26.3. The molecule has 4 fully saturated rings. The van der Waals surface area contributed by atoms with Crippen molar-refractivity contribution in [1.82, 2.24) is 29.9 Å². The predicted octanol–water partition coefficient (Wildman–Crippen LogP) is 30.5. The molecule has 0 aliphatic heterocycles. The number of aryl methyl sites for hydroxylation is 5. The van der Waals surface area contributed by atoms with Crippen LogP contribution in [-0.2, 0) is 116 Å². The molecule has 8 bridgehead atoms. The van der Waals surface area contributed by atoms with Gasteiger partial charge in [-0.15, -0.1) is 213 Å². The molecule has 0 amide bonds. The average Bonchev–Trinajstić information content (AvgIpc) is 0.523. The Balaban J connectivity index is 0.000000136. The molecule has 6 aromatic heterocycles. The van der Waals surface area contributed by atoms with Crippen molar-refractivity contribution in [1.29, 1.82) is 0 Å². The molecule has 0 unspecified atom stereocenters. The van der Waals surface area contributed by atoms with E-state index in [9.17, 15) is 14.7 Å². The molecule has 10 nitrogen and oxygen atoms in total. The minimum Gasteiger partial charge on any atom is -0.512 e. The monoisotopic (exact) mass is 2540 g/mol. The van der Waals surface area contributed by atoms with Crippen LogP contribution >= 0.6 is 0 Å². The quantitative estimate of drug-likeness (QED) is 0.0611. The number of ketones is 2. The summed E-state index contributed by atoms with van der Waals surface area (Å²) in [5.41, 5.74) is 35.5. The van der Waals surface area contributed by atoms with Gasteiger partial charge >= 0.3 is 0 Å². The number of fused-ring (bicyclic) bond motifs is 4. The number of aliphatic hydroxyl groups is 2. The van der Waals surface area contributed by atoms with E-state index in [2.05, 4.69) is 208 Å². The van der Waals surface area contributed by atoms with E-state index in [4.69, 9.17) is 25.0 Å². The minimum absolute atomic E-state index is 0. The normalized spacial score (nSPS) is 17.8. The predicted molar refractivity (Wildman–Crippen MR) is 552 cm³/mol. The summed E-state index contributed by atoms with van der Waals surface area (Å²) in [7, 11) is 0. The van der Waals surface area contributed by atoms with Gasteiger partial charge in [-0.2, -0.15) is 0 Å². The average molecular weight is 2540 g/mol. The summed E-state index contributed by atoms with van der Waals surface area (Å²) in [4.78, 5) is 50.0. The summed E-state index contributed by atoms with van der Waals surface area (Å²) in [5.74, 6) is 7.51. The zero-order valence-electron chi connectivity index (χ0n) is 81.3. The Hall–Kier alpha value is -10.8. The van der Waals surface area contributed by atoms with Gasteiger partial charge in [-0.05, 0) is 332 Å². The van der Waals surface area contributed by atoms with Crippen molar-refractivity contribution in [2.45, 2.75) is 203 Å². The van der Waals surface area contributed by atoms with E-state index in [-0.39, 0.29) is 115 Å². The Morgan fingerprint density at radius 3 is 0.942 bits per heavy atom. The Labute approximate surface area is 876 Å². The fourth-order valence-corrected chi connectivity index (χ4v) is 21.2. The van der Waals surface area contributed by atoms with E-state index in [1.807, 2.05) is 156 Å². The molecule has 16 aromatic rings. The van der Waals surface area contributed by atoms with Crippen LogP contribution in [0, 0.1) is 107 Å². The van der Waals surface area contributed by atoms with Gasteiger partial charge in [-0.25, -0.2) is 0 Å². The third-order valence-electron chi connectivity index (χ3n) is 28.4. The van der Waals surface area contributed by atoms with Crippen LogP contribution in [0.3, 0.4) is 0 Å². The van der Waals surface area contributed by atoms with Gasteiger partial charge in [0.25, 0.3) is 0 Å². The number of pyridine rings is 6. The van der Waals surface area contributed by atoms with Crippen LogP contribution in [-0.4, -0.2) is 51.7 Å². The zero-order valence-corrected chi connectivity index (χ0v) is 90.9. The van der Waals surface area contributed by atoms with Crippen molar-refractivity contribution in [2.24, 2.45) is 35.5 Å². The van der Waals surface area contributed by atoms with Gasteiger partial charge in [-0.1, -0.05) is 128 Å². The van der Waals surface area contributed by atoms with Crippen LogP contribution in [0.2, 0.25) is 0 Å². The van der Waals surface area contributed by atoms with E-state index in [0.717, 1.165) is 168 Å². The molecule has 6 heterocycles. The summed E-state index contributed by atoms with van der Waals surface area (Å²) in [6.07, 6.45) is 24.1. The van der Waals surface area contributed by atoms with Crippen molar-refractivity contribution in [3.63, 3.8) is 0 Å². The van der Waals surface area contributed by atoms with E-state index >= 15 is 0 Å². The van der Waals surface area contributed by atoms with Crippen LogP contribution in [0.1, 0.15) is 215 Å². The SMILES string of the molecule is CC(=O)C=C(C)O.CCC(CC)C(=O)C=C(O)C(CC)CC.Cc1[c-]c(-c2ccc3cc4c(cc3n2)CC2CC4C2)cc(C)c1.Cc1[c-]c(-c2ccc3cc4c(cc3n2)CC2CC4C2)cc(C)c1.Cc1cccc(-c2[c-]cccc2)n1.[Ir].[Ir].[Ir].[Ir].[c-]1ccccc1-c1ccc2cc3c(cc2n1)CC1CC3C1.[c-]1ccccc1-c1ccc2cc3c(cc2n1)CC1CC3C1.[c-]1ccccc1-c1ccccn1. The van der Waals surface area contributed by atoms with Crippen molar-refractivity contribution < 1.29 is 100 Å². The fourth-order valence-electron chi connectivity index (χ4n) is 21.2. The summed E-state index contributed by atoms with van der Waals surface area (Å²) < 4.78 is 0. The maximum atomic E-state index is 11.7. The van der Waals surface area contributed by atoms with Gasteiger partial charge in [-0.3, -0.25) is 29.5 Å². The second kappa shape index (κ2) is 49.0. The zero-order chi connectivity index (χ0) is 93.8. The van der Waals surface area contributed by atoms with E-state index in [1.54, 1.807) is 39.6 Å². The maximum absolute atomic E-state index is 11.7. The Bertz CT molecular complexity index is 6580. The van der Waals surface area contributed by atoms with Crippen molar-refractivity contribution in [3.05, 3.63) is 394 Å². The van der Waals surface area contributed by atoms with Crippen LogP contribution in [0.5, 0.6) is 0 Å². The van der Waals surface area contributed by atoms with Gasteiger partial charge in [0.05, 0.1) is 33.6 Å². The number of carbonyl (C=O) groups excluding carboxylic acids is 2. The van der Waals surface area contributed by atoms with E-state index < -0.39 is 0 Å². The van der Waals surface area contributed by atoms with Gasteiger partial charge in [0.1, 0.15) is 0 Å². The largest absolute Gasteiger partial charge is 0.512 e. The Kier molecular flexibility index (Phi) is 37.2.